The Morgan fingerprint density at radius 3 is 1.88 bits per heavy atom. The van der Waals surface area contributed by atoms with Crippen LogP contribution in [-0.4, -0.2) is 13.1 Å². The third-order valence-corrected chi connectivity index (χ3v) is 3.86. The Morgan fingerprint density at radius 2 is 1.53 bits per heavy atom. The molecule has 0 radical (unpaired) electrons. The molecule has 0 saturated carbocycles. The number of rotatable bonds is 8. The summed E-state index contributed by atoms with van der Waals surface area (Å²) < 4.78 is 0. The van der Waals surface area contributed by atoms with E-state index in [1.54, 1.807) is 0 Å². The minimum atomic E-state index is 0.458. The molecule has 0 saturated heterocycles. The van der Waals surface area contributed by atoms with Crippen LogP contribution >= 0.6 is 0 Å². The Kier molecular flexibility index (Phi) is 8.11. The van der Waals surface area contributed by atoms with Gasteiger partial charge in [-0.05, 0) is 44.1 Å². The molecule has 0 fully saturated rings. The highest BCUT2D eigenvalue weighted by molar-refractivity contribution is 4.81. The zero-order valence-corrected chi connectivity index (χ0v) is 13.3. The van der Waals surface area contributed by atoms with Crippen LogP contribution in [0, 0.1) is 17.3 Å². The fourth-order valence-electron chi connectivity index (χ4n) is 3.07. The Bertz CT molecular complexity index is 180. The molecule has 0 spiro atoms. The summed E-state index contributed by atoms with van der Waals surface area (Å²) in [7, 11) is 2.10. The van der Waals surface area contributed by atoms with Gasteiger partial charge < -0.3 is 5.32 Å². The zero-order chi connectivity index (χ0) is 13.5. The van der Waals surface area contributed by atoms with E-state index in [4.69, 9.17) is 0 Å². The lowest BCUT2D eigenvalue weighted by atomic mass is 9.73. The van der Waals surface area contributed by atoms with E-state index in [0.29, 0.717) is 11.5 Å². The molecular weight excluding hydrogens is 206 g/mol. The molecule has 3 unspecified atom stereocenters. The van der Waals surface area contributed by atoms with Crippen molar-refractivity contribution in [1.29, 1.82) is 0 Å². The van der Waals surface area contributed by atoms with Crippen LogP contribution in [0.25, 0.3) is 0 Å². The largest absolute Gasteiger partial charge is 0.317 e. The molecule has 0 aromatic heterocycles. The van der Waals surface area contributed by atoms with Gasteiger partial charge >= 0.3 is 0 Å². The summed E-state index contributed by atoms with van der Waals surface area (Å²) in [5, 5.41) is 3.47. The van der Waals surface area contributed by atoms with Gasteiger partial charge in [-0.1, -0.05) is 53.9 Å². The van der Waals surface area contributed by atoms with Gasteiger partial charge in [-0.15, -0.1) is 0 Å². The van der Waals surface area contributed by atoms with Crippen molar-refractivity contribution in [2.24, 2.45) is 17.3 Å². The summed E-state index contributed by atoms with van der Waals surface area (Å²) in [5.74, 6) is 1.71. The molecule has 0 aliphatic heterocycles. The van der Waals surface area contributed by atoms with Crippen molar-refractivity contribution in [1.82, 2.24) is 5.32 Å². The van der Waals surface area contributed by atoms with Crippen LogP contribution in [0.5, 0.6) is 0 Å². The molecule has 0 aromatic rings. The Hall–Kier alpha value is -0.0400. The summed E-state index contributed by atoms with van der Waals surface area (Å²) in [6, 6.07) is 0.647. The summed E-state index contributed by atoms with van der Waals surface area (Å²) in [4.78, 5) is 0. The summed E-state index contributed by atoms with van der Waals surface area (Å²) in [6.45, 7) is 14.1. The molecule has 3 atom stereocenters. The molecule has 1 nitrogen and oxygen atoms in total. The summed E-state index contributed by atoms with van der Waals surface area (Å²) >= 11 is 0. The van der Waals surface area contributed by atoms with Crippen LogP contribution in [0.2, 0.25) is 0 Å². The second kappa shape index (κ2) is 8.13. The highest BCUT2D eigenvalue weighted by Crippen LogP contribution is 2.35. The average molecular weight is 241 g/mol. The maximum Gasteiger partial charge on any atom is 0.00666 e. The predicted octanol–water partition coefficient (Wildman–Crippen LogP) is 4.86. The molecular formula is C16H35N. The summed E-state index contributed by atoms with van der Waals surface area (Å²) in [6.07, 6.45) is 6.73. The van der Waals surface area contributed by atoms with Crippen molar-refractivity contribution in [3.8, 4) is 0 Å². The van der Waals surface area contributed by atoms with Crippen LogP contribution in [0.4, 0.5) is 0 Å². The van der Waals surface area contributed by atoms with Crippen LogP contribution in [0.1, 0.15) is 73.6 Å². The number of hydrogen-bond donors (Lipinski definition) is 1. The Morgan fingerprint density at radius 1 is 1.00 bits per heavy atom. The molecule has 0 bridgehead atoms. The molecule has 1 N–H and O–H groups in total. The standard InChI is InChI=1S/C16H35N/c1-8-10-14(12-16(4,5)6)15(11-9-2)13(3)17-7/h13-15,17H,8-12H2,1-7H3. The first-order chi connectivity index (χ1) is 7.85. The molecule has 0 heterocycles. The fraction of sp³-hybridized carbons (Fsp3) is 1.00. The molecule has 0 aromatic carbocycles. The van der Waals surface area contributed by atoms with E-state index in [9.17, 15) is 0 Å². The molecule has 0 aliphatic carbocycles. The van der Waals surface area contributed by atoms with Gasteiger partial charge in [0.1, 0.15) is 0 Å². The first kappa shape index (κ1) is 17.0. The molecule has 17 heavy (non-hydrogen) atoms. The van der Waals surface area contributed by atoms with Gasteiger partial charge in [-0.3, -0.25) is 0 Å². The van der Waals surface area contributed by atoms with E-state index in [-0.39, 0.29) is 0 Å². The van der Waals surface area contributed by atoms with Gasteiger partial charge in [0.15, 0.2) is 0 Å². The van der Waals surface area contributed by atoms with Crippen molar-refractivity contribution < 1.29 is 0 Å². The van der Waals surface area contributed by atoms with Gasteiger partial charge in [0, 0.05) is 6.04 Å². The highest BCUT2D eigenvalue weighted by atomic mass is 14.9. The number of hydrogen-bond acceptors (Lipinski definition) is 1. The van der Waals surface area contributed by atoms with Crippen LogP contribution in [0.3, 0.4) is 0 Å². The lowest BCUT2D eigenvalue weighted by molar-refractivity contribution is 0.170. The van der Waals surface area contributed by atoms with E-state index in [1.807, 2.05) is 0 Å². The van der Waals surface area contributed by atoms with E-state index in [2.05, 4.69) is 53.9 Å². The third kappa shape index (κ3) is 7.08. The van der Waals surface area contributed by atoms with Gasteiger partial charge in [0.2, 0.25) is 0 Å². The molecule has 104 valence electrons. The SMILES string of the molecule is CCCC(CC(C)(C)C)C(CCC)C(C)NC. The smallest absolute Gasteiger partial charge is 0.00666 e. The van der Waals surface area contributed by atoms with E-state index in [1.165, 1.54) is 32.1 Å². The molecule has 0 rings (SSSR count). The number of nitrogens with one attached hydrogen (secondary N) is 1. The van der Waals surface area contributed by atoms with Crippen molar-refractivity contribution in [3.63, 3.8) is 0 Å². The second-order valence-electron chi connectivity index (χ2n) is 6.84. The minimum Gasteiger partial charge on any atom is -0.317 e. The van der Waals surface area contributed by atoms with Gasteiger partial charge in [0.05, 0.1) is 0 Å². The monoisotopic (exact) mass is 241 g/mol. The second-order valence-corrected chi connectivity index (χ2v) is 6.84. The fourth-order valence-corrected chi connectivity index (χ4v) is 3.07. The van der Waals surface area contributed by atoms with Crippen LogP contribution in [0.15, 0.2) is 0 Å². The highest BCUT2D eigenvalue weighted by Gasteiger charge is 2.28. The Balaban J connectivity index is 4.69. The first-order valence-electron chi connectivity index (χ1n) is 7.53. The van der Waals surface area contributed by atoms with Crippen molar-refractivity contribution >= 4 is 0 Å². The van der Waals surface area contributed by atoms with E-state index < -0.39 is 0 Å². The molecule has 0 aliphatic rings. The quantitative estimate of drug-likeness (QED) is 0.639. The van der Waals surface area contributed by atoms with Crippen molar-refractivity contribution in [2.45, 2.75) is 79.7 Å². The predicted molar refractivity (Wildman–Crippen MR) is 79.4 cm³/mol. The lowest BCUT2D eigenvalue weighted by Crippen LogP contribution is -2.36. The normalized spacial score (nSPS) is 17.8. The molecule has 0 amide bonds. The van der Waals surface area contributed by atoms with Gasteiger partial charge in [-0.2, -0.15) is 0 Å². The van der Waals surface area contributed by atoms with Crippen molar-refractivity contribution in [3.05, 3.63) is 0 Å². The van der Waals surface area contributed by atoms with Crippen LogP contribution in [-0.2, 0) is 0 Å². The summed E-state index contributed by atoms with van der Waals surface area (Å²) in [5.41, 5.74) is 0.458. The van der Waals surface area contributed by atoms with Crippen molar-refractivity contribution in [2.75, 3.05) is 7.05 Å². The van der Waals surface area contributed by atoms with Gasteiger partial charge in [-0.25, -0.2) is 0 Å². The minimum absolute atomic E-state index is 0.458. The lowest BCUT2D eigenvalue weighted by Gasteiger charge is -2.35. The van der Waals surface area contributed by atoms with Crippen LogP contribution < -0.4 is 5.32 Å². The maximum atomic E-state index is 3.47. The van der Waals surface area contributed by atoms with E-state index >= 15 is 0 Å². The maximum absolute atomic E-state index is 3.47. The Labute approximate surface area is 110 Å². The average Bonchev–Trinajstić information content (AvgIpc) is 2.22. The van der Waals surface area contributed by atoms with E-state index in [0.717, 1.165) is 11.8 Å². The topological polar surface area (TPSA) is 12.0 Å². The third-order valence-electron chi connectivity index (χ3n) is 3.86. The van der Waals surface area contributed by atoms with Gasteiger partial charge in [0.25, 0.3) is 0 Å². The zero-order valence-electron chi connectivity index (χ0n) is 13.3. The first-order valence-corrected chi connectivity index (χ1v) is 7.53. The molecule has 1 heteroatoms.